The maximum absolute atomic E-state index is 13.1. The summed E-state index contributed by atoms with van der Waals surface area (Å²) in [6.45, 7) is 4.71. The molecule has 0 saturated carbocycles. The van der Waals surface area contributed by atoms with Gasteiger partial charge in [0.15, 0.2) is 6.10 Å². The lowest BCUT2D eigenvalue weighted by Crippen LogP contribution is -2.54. The standard InChI is InChI=1S/C22H24N2O7S/c1-14(25)30-21-20(17-11-16(13-23)5-6-18(17)31-22(21,2)3)24-9-7-15(12-19(24)26)8-10-29-32(4,27)28/h5-7,9,11-12,20-21H,8,10H2,1-4H3/t20-,21+/m0/s1. The highest BCUT2D eigenvalue weighted by Crippen LogP contribution is 2.43. The number of nitriles is 1. The topological polar surface area (TPSA) is 125 Å². The fraction of sp³-hybridized carbons (Fsp3) is 0.409. The molecule has 0 bridgehead atoms. The Labute approximate surface area is 186 Å². The van der Waals surface area contributed by atoms with Crippen LogP contribution in [0.1, 0.15) is 43.5 Å². The van der Waals surface area contributed by atoms with Crippen LogP contribution in [0.3, 0.4) is 0 Å². The Balaban J connectivity index is 2.07. The molecule has 1 aliphatic heterocycles. The first kappa shape index (κ1) is 23.5. The van der Waals surface area contributed by atoms with E-state index < -0.39 is 33.8 Å². The largest absolute Gasteiger partial charge is 0.484 e. The summed E-state index contributed by atoms with van der Waals surface area (Å²) in [6, 6.07) is 9.29. The third-order valence-corrected chi connectivity index (χ3v) is 5.69. The molecule has 1 aromatic heterocycles. The summed E-state index contributed by atoms with van der Waals surface area (Å²) < 4.78 is 40.1. The third-order valence-electron chi connectivity index (χ3n) is 5.10. The average molecular weight is 461 g/mol. The normalized spacial score (nSPS) is 19.3. The zero-order valence-corrected chi connectivity index (χ0v) is 19.0. The second-order valence-corrected chi connectivity index (χ2v) is 9.75. The van der Waals surface area contributed by atoms with E-state index >= 15 is 0 Å². The van der Waals surface area contributed by atoms with Crippen molar-refractivity contribution in [1.29, 1.82) is 5.26 Å². The van der Waals surface area contributed by atoms with Crippen molar-refractivity contribution in [2.45, 2.75) is 44.9 Å². The average Bonchev–Trinajstić information content (AvgIpc) is 2.67. The second-order valence-electron chi connectivity index (χ2n) is 8.10. The Morgan fingerprint density at radius 3 is 2.59 bits per heavy atom. The van der Waals surface area contributed by atoms with E-state index in [1.807, 2.05) is 0 Å². The van der Waals surface area contributed by atoms with E-state index in [1.165, 1.54) is 17.6 Å². The molecule has 0 spiro atoms. The van der Waals surface area contributed by atoms with Crippen LogP contribution in [-0.4, -0.2) is 43.5 Å². The van der Waals surface area contributed by atoms with E-state index in [2.05, 4.69) is 6.07 Å². The van der Waals surface area contributed by atoms with E-state index in [9.17, 15) is 23.3 Å². The Bertz CT molecular complexity index is 1240. The number of hydrogen-bond acceptors (Lipinski definition) is 8. The number of esters is 1. The van der Waals surface area contributed by atoms with Gasteiger partial charge in [-0.2, -0.15) is 13.7 Å². The summed E-state index contributed by atoms with van der Waals surface area (Å²) in [6.07, 6.45) is 1.90. The highest BCUT2D eigenvalue weighted by atomic mass is 32.2. The van der Waals surface area contributed by atoms with Gasteiger partial charge >= 0.3 is 5.97 Å². The quantitative estimate of drug-likeness (QED) is 0.473. The molecule has 0 N–H and O–H groups in total. The predicted octanol–water partition coefficient (Wildman–Crippen LogP) is 1.93. The lowest BCUT2D eigenvalue weighted by atomic mass is 9.85. The first-order valence-corrected chi connectivity index (χ1v) is 11.7. The van der Waals surface area contributed by atoms with Crippen molar-refractivity contribution in [3.8, 4) is 11.8 Å². The minimum absolute atomic E-state index is 0.0863. The Morgan fingerprint density at radius 2 is 2.00 bits per heavy atom. The number of benzene rings is 1. The van der Waals surface area contributed by atoms with Crippen LogP contribution in [0.4, 0.5) is 0 Å². The number of aromatic nitrogens is 1. The van der Waals surface area contributed by atoms with Crippen LogP contribution in [0.5, 0.6) is 5.75 Å². The van der Waals surface area contributed by atoms with Crippen molar-refractivity contribution < 1.29 is 26.9 Å². The van der Waals surface area contributed by atoms with Crippen molar-refractivity contribution in [1.82, 2.24) is 4.57 Å². The van der Waals surface area contributed by atoms with Gasteiger partial charge in [0.1, 0.15) is 17.4 Å². The third kappa shape index (κ3) is 5.18. The number of carbonyl (C=O) groups is 1. The van der Waals surface area contributed by atoms with Gasteiger partial charge in [0.25, 0.3) is 15.7 Å². The fourth-order valence-electron chi connectivity index (χ4n) is 3.73. The predicted molar refractivity (Wildman–Crippen MR) is 115 cm³/mol. The number of hydrogen-bond donors (Lipinski definition) is 0. The molecule has 10 heteroatoms. The van der Waals surface area contributed by atoms with Crippen molar-refractivity contribution in [3.05, 3.63) is 63.6 Å². The smallest absolute Gasteiger partial charge is 0.303 e. The lowest BCUT2D eigenvalue weighted by Gasteiger charge is -2.44. The van der Waals surface area contributed by atoms with E-state index in [0.29, 0.717) is 22.4 Å². The molecule has 2 aromatic rings. The summed E-state index contributed by atoms with van der Waals surface area (Å²) in [5, 5.41) is 9.34. The van der Waals surface area contributed by atoms with Gasteiger partial charge in [-0.15, -0.1) is 0 Å². The molecular formula is C22H24N2O7S. The van der Waals surface area contributed by atoms with Gasteiger partial charge < -0.3 is 14.0 Å². The summed E-state index contributed by atoms with van der Waals surface area (Å²) >= 11 is 0. The molecule has 1 aromatic carbocycles. The first-order chi connectivity index (χ1) is 14.9. The van der Waals surface area contributed by atoms with Crippen LogP contribution in [-0.2, 0) is 30.3 Å². The molecule has 2 heterocycles. The van der Waals surface area contributed by atoms with Crippen LogP contribution in [0, 0.1) is 11.3 Å². The highest BCUT2D eigenvalue weighted by Gasteiger charge is 2.47. The lowest BCUT2D eigenvalue weighted by molar-refractivity contribution is -0.163. The van der Waals surface area contributed by atoms with Gasteiger partial charge in [-0.3, -0.25) is 13.8 Å². The number of fused-ring (bicyclic) bond motifs is 1. The van der Waals surface area contributed by atoms with Crippen LogP contribution in [0.2, 0.25) is 0 Å². The van der Waals surface area contributed by atoms with E-state index in [4.69, 9.17) is 13.7 Å². The maximum Gasteiger partial charge on any atom is 0.303 e. The molecule has 0 saturated heterocycles. The molecule has 9 nitrogen and oxygen atoms in total. The molecular weight excluding hydrogens is 436 g/mol. The number of ether oxygens (including phenoxy) is 2. The molecule has 170 valence electrons. The minimum atomic E-state index is -3.57. The molecule has 0 radical (unpaired) electrons. The monoisotopic (exact) mass is 460 g/mol. The van der Waals surface area contributed by atoms with Crippen molar-refractivity contribution in [2.75, 3.05) is 12.9 Å². The van der Waals surface area contributed by atoms with E-state index in [-0.39, 0.29) is 18.6 Å². The van der Waals surface area contributed by atoms with Crippen molar-refractivity contribution in [2.24, 2.45) is 0 Å². The maximum atomic E-state index is 13.1. The summed E-state index contributed by atoms with van der Waals surface area (Å²) in [7, 11) is -3.57. The van der Waals surface area contributed by atoms with Crippen LogP contribution < -0.4 is 10.3 Å². The molecule has 0 unspecified atom stereocenters. The van der Waals surface area contributed by atoms with Gasteiger partial charge in [-0.1, -0.05) is 0 Å². The Hall–Kier alpha value is -3.16. The van der Waals surface area contributed by atoms with Crippen molar-refractivity contribution in [3.63, 3.8) is 0 Å². The molecule has 2 atom stereocenters. The Kier molecular flexibility index (Phi) is 6.44. The second kappa shape index (κ2) is 8.76. The number of nitrogens with zero attached hydrogens (tertiary/aromatic N) is 2. The van der Waals surface area contributed by atoms with Crippen LogP contribution >= 0.6 is 0 Å². The number of rotatable bonds is 6. The summed E-state index contributed by atoms with van der Waals surface area (Å²) in [5.74, 6) is -0.0425. The Morgan fingerprint density at radius 1 is 1.28 bits per heavy atom. The van der Waals surface area contributed by atoms with Crippen LogP contribution in [0.15, 0.2) is 41.3 Å². The SMILES string of the molecule is CC(=O)O[C@@H]1[C@@H](n2ccc(CCOS(C)(=O)=O)cc2=O)c2cc(C#N)ccc2OC1(C)C. The number of carbonyl (C=O) groups excluding carboxylic acids is 1. The van der Waals surface area contributed by atoms with Gasteiger partial charge in [0, 0.05) is 24.8 Å². The molecule has 32 heavy (non-hydrogen) atoms. The zero-order valence-electron chi connectivity index (χ0n) is 18.2. The summed E-state index contributed by atoms with van der Waals surface area (Å²) in [5.41, 5.74) is 0.177. The zero-order chi connectivity index (χ0) is 23.7. The first-order valence-electron chi connectivity index (χ1n) is 9.87. The minimum Gasteiger partial charge on any atom is -0.484 e. The fourth-order valence-corrected chi connectivity index (χ4v) is 4.12. The van der Waals surface area contributed by atoms with Crippen LogP contribution in [0.25, 0.3) is 0 Å². The highest BCUT2D eigenvalue weighted by molar-refractivity contribution is 7.85. The molecule has 1 aliphatic rings. The summed E-state index contributed by atoms with van der Waals surface area (Å²) in [4.78, 5) is 24.9. The molecule has 3 rings (SSSR count). The molecule has 0 fully saturated rings. The van der Waals surface area contributed by atoms with Gasteiger partial charge in [0.05, 0.1) is 24.5 Å². The molecule has 0 aliphatic carbocycles. The molecule has 0 amide bonds. The van der Waals surface area contributed by atoms with Gasteiger partial charge in [-0.05, 0) is 50.1 Å². The van der Waals surface area contributed by atoms with Gasteiger partial charge in [0.2, 0.25) is 0 Å². The number of pyridine rings is 1. The van der Waals surface area contributed by atoms with Crippen molar-refractivity contribution >= 4 is 16.1 Å². The van der Waals surface area contributed by atoms with Gasteiger partial charge in [-0.25, -0.2) is 0 Å². The van der Waals surface area contributed by atoms with E-state index in [0.717, 1.165) is 6.26 Å². The van der Waals surface area contributed by atoms with E-state index in [1.54, 1.807) is 44.3 Å².